The Morgan fingerprint density at radius 3 is 2.56 bits per heavy atom. The first-order valence-electron chi connectivity index (χ1n) is 8.82. The number of aryl methyl sites for hydroxylation is 3. The number of aromatic nitrogens is 3. The second kappa shape index (κ2) is 7.57. The molecule has 3 aromatic rings. The predicted molar refractivity (Wildman–Crippen MR) is 103 cm³/mol. The molecule has 2 aromatic carbocycles. The van der Waals surface area contributed by atoms with Crippen molar-refractivity contribution in [3.8, 4) is 0 Å². The van der Waals surface area contributed by atoms with Gasteiger partial charge in [-0.05, 0) is 57.0 Å². The second-order valence-corrected chi connectivity index (χ2v) is 6.41. The molecule has 140 valence electrons. The van der Waals surface area contributed by atoms with Crippen LogP contribution in [0.5, 0.6) is 0 Å². The zero-order valence-electron chi connectivity index (χ0n) is 15.8. The lowest BCUT2D eigenvalue weighted by molar-refractivity contribution is -0.123. The number of carbonyl (C=O) groups excluding carboxylic acids is 2. The molecule has 0 radical (unpaired) electrons. The molecule has 7 nitrogen and oxygen atoms in total. The number of fused-ring (bicyclic) bond motifs is 1. The van der Waals surface area contributed by atoms with E-state index >= 15 is 0 Å². The van der Waals surface area contributed by atoms with Gasteiger partial charge < -0.3 is 10.1 Å². The molecule has 0 saturated carbocycles. The minimum absolute atomic E-state index is 0.331. The quantitative estimate of drug-likeness (QED) is 0.701. The van der Waals surface area contributed by atoms with Crippen molar-refractivity contribution in [3.05, 3.63) is 53.1 Å². The van der Waals surface area contributed by atoms with E-state index in [0.717, 1.165) is 22.3 Å². The number of benzene rings is 2. The van der Waals surface area contributed by atoms with Gasteiger partial charge in [0.25, 0.3) is 5.91 Å². The Morgan fingerprint density at radius 2 is 1.89 bits per heavy atom. The van der Waals surface area contributed by atoms with Crippen LogP contribution in [-0.4, -0.2) is 33.0 Å². The van der Waals surface area contributed by atoms with Gasteiger partial charge in [-0.3, -0.25) is 4.79 Å². The maximum atomic E-state index is 12.4. The number of nitrogens with zero attached hydrogens (tertiary/aromatic N) is 3. The standard InChI is InChI=1S/C20H22N4O3/c1-5-24-17-10-9-15(11-16(17)22-23-24)20(26)27-14(4)19(25)21-18-12(2)7-6-8-13(18)3/h6-11,14H,5H2,1-4H3,(H,21,25)/t14-/m0/s1. The minimum Gasteiger partial charge on any atom is -0.449 e. The minimum atomic E-state index is -0.932. The Hall–Kier alpha value is -3.22. The summed E-state index contributed by atoms with van der Waals surface area (Å²) in [4.78, 5) is 24.8. The molecule has 7 heteroatoms. The number of rotatable bonds is 5. The molecule has 0 aliphatic heterocycles. The second-order valence-electron chi connectivity index (χ2n) is 6.41. The van der Waals surface area contributed by atoms with E-state index in [4.69, 9.17) is 4.74 Å². The summed E-state index contributed by atoms with van der Waals surface area (Å²) in [7, 11) is 0. The zero-order valence-corrected chi connectivity index (χ0v) is 15.8. The van der Waals surface area contributed by atoms with Crippen LogP contribution in [-0.2, 0) is 16.1 Å². The Balaban J connectivity index is 1.70. The van der Waals surface area contributed by atoms with Crippen LogP contribution in [0.3, 0.4) is 0 Å². The number of para-hydroxylation sites is 1. The van der Waals surface area contributed by atoms with Crippen molar-refractivity contribution >= 4 is 28.6 Å². The molecule has 0 aliphatic carbocycles. The zero-order chi connectivity index (χ0) is 19.6. The fourth-order valence-electron chi connectivity index (χ4n) is 2.85. The third-order valence-corrected chi connectivity index (χ3v) is 4.43. The molecule has 0 bridgehead atoms. The number of ether oxygens (including phenoxy) is 1. The van der Waals surface area contributed by atoms with Crippen LogP contribution < -0.4 is 5.32 Å². The van der Waals surface area contributed by atoms with Crippen LogP contribution in [0.25, 0.3) is 11.0 Å². The summed E-state index contributed by atoms with van der Waals surface area (Å²) < 4.78 is 7.07. The number of nitrogens with one attached hydrogen (secondary N) is 1. The first-order chi connectivity index (χ1) is 12.9. The van der Waals surface area contributed by atoms with Gasteiger partial charge >= 0.3 is 5.97 Å². The summed E-state index contributed by atoms with van der Waals surface area (Å²) in [6.07, 6.45) is -0.932. The average Bonchev–Trinajstić information content (AvgIpc) is 3.06. The molecule has 0 unspecified atom stereocenters. The highest BCUT2D eigenvalue weighted by Gasteiger charge is 2.21. The van der Waals surface area contributed by atoms with Gasteiger partial charge in [-0.2, -0.15) is 0 Å². The smallest absolute Gasteiger partial charge is 0.338 e. The van der Waals surface area contributed by atoms with Crippen LogP contribution in [0.4, 0.5) is 5.69 Å². The average molecular weight is 366 g/mol. The number of anilines is 1. The summed E-state index contributed by atoms with van der Waals surface area (Å²) in [6, 6.07) is 10.8. The number of amides is 1. The SMILES string of the molecule is CCn1nnc2cc(C(=O)O[C@@H](C)C(=O)Nc3c(C)cccc3C)ccc21. The molecule has 1 heterocycles. The van der Waals surface area contributed by atoms with E-state index in [2.05, 4.69) is 15.6 Å². The van der Waals surface area contributed by atoms with E-state index < -0.39 is 12.1 Å². The molecular formula is C20H22N4O3. The largest absolute Gasteiger partial charge is 0.449 e. The summed E-state index contributed by atoms with van der Waals surface area (Å²) >= 11 is 0. The van der Waals surface area contributed by atoms with E-state index in [1.165, 1.54) is 0 Å². The molecule has 1 N–H and O–H groups in total. The number of carbonyl (C=O) groups is 2. The van der Waals surface area contributed by atoms with Gasteiger partial charge in [0.15, 0.2) is 6.10 Å². The van der Waals surface area contributed by atoms with Gasteiger partial charge in [0.05, 0.1) is 11.1 Å². The highest BCUT2D eigenvalue weighted by molar-refractivity contribution is 5.99. The van der Waals surface area contributed by atoms with Gasteiger partial charge in [-0.1, -0.05) is 23.4 Å². The molecule has 0 aliphatic rings. The lowest BCUT2D eigenvalue weighted by atomic mass is 10.1. The van der Waals surface area contributed by atoms with Crippen molar-refractivity contribution in [1.82, 2.24) is 15.0 Å². The van der Waals surface area contributed by atoms with E-state index in [9.17, 15) is 9.59 Å². The van der Waals surface area contributed by atoms with Gasteiger partial charge in [-0.15, -0.1) is 5.10 Å². The fourth-order valence-corrected chi connectivity index (χ4v) is 2.85. The lowest BCUT2D eigenvalue weighted by Crippen LogP contribution is -2.30. The molecule has 0 spiro atoms. The van der Waals surface area contributed by atoms with Gasteiger partial charge in [0, 0.05) is 12.2 Å². The summed E-state index contributed by atoms with van der Waals surface area (Å²) in [5.41, 5.74) is 4.42. The van der Waals surface area contributed by atoms with Gasteiger partial charge in [0.1, 0.15) is 5.52 Å². The van der Waals surface area contributed by atoms with Crippen LogP contribution in [0, 0.1) is 13.8 Å². The first kappa shape index (κ1) is 18.6. The van der Waals surface area contributed by atoms with Crippen LogP contribution >= 0.6 is 0 Å². The Bertz CT molecular complexity index is 989. The number of hydrogen-bond donors (Lipinski definition) is 1. The summed E-state index contributed by atoms with van der Waals surface area (Å²) in [5, 5.41) is 10.9. The third-order valence-electron chi connectivity index (χ3n) is 4.43. The lowest BCUT2D eigenvalue weighted by Gasteiger charge is -2.16. The molecule has 0 saturated heterocycles. The van der Waals surface area contributed by atoms with Gasteiger partial charge in [0.2, 0.25) is 0 Å². The van der Waals surface area contributed by atoms with Crippen LogP contribution in [0.2, 0.25) is 0 Å². The normalized spacial score (nSPS) is 12.0. The first-order valence-corrected chi connectivity index (χ1v) is 8.82. The molecule has 3 rings (SSSR count). The topological polar surface area (TPSA) is 86.1 Å². The maximum Gasteiger partial charge on any atom is 0.338 e. The fraction of sp³-hybridized carbons (Fsp3) is 0.300. The highest BCUT2D eigenvalue weighted by atomic mass is 16.5. The van der Waals surface area contributed by atoms with E-state index in [-0.39, 0.29) is 5.91 Å². The summed E-state index contributed by atoms with van der Waals surface area (Å²) in [5.74, 6) is -0.953. The molecule has 0 fully saturated rings. The van der Waals surface area contributed by atoms with Crippen LogP contribution in [0.15, 0.2) is 36.4 Å². The van der Waals surface area contributed by atoms with Crippen molar-refractivity contribution in [2.75, 3.05) is 5.32 Å². The van der Waals surface area contributed by atoms with E-state index in [1.54, 1.807) is 29.8 Å². The predicted octanol–water partition coefficient (Wildman–Crippen LogP) is 3.25. The van der Waals surface area contributed by atoms with E-state index in [0.29, 0.717) is 17.6 Å². The van der Waals surface area contributed by atoms with Crippen molar-refractivity contribution < 1.29 is 14.3 Å². The van der Waals surface area contributed by atoms with Gasteiger partial charge in [-0.25, -0.2) is 9.48 Å². The third kappa shape index (κ3) is 3.81. The molecule has 1 aromatic heterocycles. The number of hydrogen-bond acceptors (Lipinski definition) is 5. The highest BCUT2D eigenvalue weighted by Crippen LogP contribution is 2.20. The Morgan fingerprint density at radius 1 is 1.19 bits per heavy atom. The molecule has 1 amide bonds. The van der Waals surface area contributed by atoms with Crippen molar-refractivity contribution in [2.24, 2.45) is 0 Å². The molecular weight excluding hydrogens is 344 g/mol. The Labute approximate surface area is 157 Å². The maximum absolute atomic E-state index is 12.4. The summed E-state index contributed by atoms with van der Waals surface area (Å²) in [6.45, 7) is 8.03. The van der Waals surface area contributed by atoms with Crippen molar-refractivity contribution in [1.29, 1.82) is 0 Å². The van der Waals surface area contributed by atoms with E-state index in [1.807, 2.05) is 39.0 Å². The monoisotopic (exact) mass is 366 g/mol. The number of esters is 1. The van der Waals surface area contributed by atoms with Crippen molar-refractivity contribution in [2.45, 2.75) is 40.3 Å². The molecule has 1 atom stereocenters. The molecule has 27 heavy (non-hydrogen) atoms. The van der Waals surface area contributed by atoms with Crippen LogP contribution in [0.1, 0.15) is 35.3 Å². The van der Waals surface area contributed by atoms with Crippen molar-refractivity contribution in [3.63, 3.8) is 0 Å². The Kier molecular flexibility index (Phi) is 5.21.